The molecule has 334 valence electrons. The molecule has 2 nitrogen and oxygen atoms in total. The van der Waals surface area contributed by atoms with Crippen LogP contribution in [-0.2, 0) is 0 Å². The van der Waals surface area contributed by atoms with Crippen molar-refractivity contribution in [2.24, 2.45) is 0 Å². The third-order valence-electron chi connectivity index (χ3n) is 12.5. The minimum absolute atomic E-state index is 0.993. The van der Waals surface area contributed by atoms with Crippen LogP contribution in [0.3, 0.4) is 0 Å². The minimum atomic E-state index is 0.993. The maximum atomic E-state index is 4.01. The van der Waals surface area contributed by atoms with Crippen LogP contribution in [0.15, 0.2) is 280 Å². The van der Waals surface area contributed by atoms with Crippen LogP contribution in [0.25, 0.3) is 55.7 Å². The summed E-state index contributed by atoms with van der Waals surface area (Å²) in [6.07, 6.45) is 13.2. The Morgan fingerprint density at radius 1 is 0.391 bits per heavy atom. The van der Waals surface area contributed by atoms with Crippen LogP contribution in [0.5, 0.6) is 0 Å². The van der Waals surface area contributed by atoms with Gasteiger partial charge in [0.15, 0.2) is 0 Å². The Morgan fingerprint density at radius 2 is 0.768 bits per heavy atom. The van der Waals surface area contributed by atoms with E-state index in [1.54, 1.807) is 6.08 Å². The summed E-state index contributed by atoms with van der Waals surface area (Å²) >= 11 is 0. The molecule has 0 bridgehead atoms. The molecule has 0 aliphatic heterocycles. The molecule has 2 heteroatoms. The van der Waals surface area contributed by atoms with Crippen molar-refractivity contribution in [3.8, 4) is 44.5 Å². The van der Waals surface area contributed by atoms with E-state index < -0.39 is 0 Å². The van der Waals surface area contributed by atoms with E-state index in [2.05, 4.69) is 286 Å². The third kappa shape index (κ3) is 10.3. The number of benzene rings is 9. The van der Waals surface area contributed by atoms with E-state index in [4.69, 9.17) is 0 Å². The summed E-state index contributed by atoms with van der Waals surface area (Å²) in [5, 5.41) is 0. The maximum absolute atomic E-state index is 4.01. The molecule has 0 saturated heterocycles. The van der Waals surface area contributed by atoms with Crippen molar-refractivity contribution in [1.82, 2.24) is 0 Å². The Labute approximate surface area is 409 Å². The van der Waals surface area contributed by atoms with Crippen molar-refractivity contribution < 1.29 is 0 Å². The Morgan fingerprint density at radius 3 is 1.22 bits per heavy atom. The van der Waals surface area contributed by atoms with Gasteiger partial charge in [0, 0.05) is 34.1 Å². The largest absolute Gasteiger partial charge is 0.311 e. The van der Waals surface area contributed by atoms with E-state index >= 15 is 0 Å². The highest BCUT2D eigenvalue weighted by Gasteiger charge is 2.18. The summed E-state index contributed by atoms with van der Waals surface area (Å²) in [7, 11) is 0. The molecule has 0 spiro atoms. The summed E-state index contributed by atoms with van der Waals surface area (Å²) < 4.78 is 0. The Kier molecular flexibility index (Phi) is 14.3. The number of anilines is 6. The second-order valence-electron chi connectivity index (χ2n) is 16.9. The van der Waals surface area contributed by atoms with Gasteiger partial charge in [0.1, 0.15) is 0 Å². The van der Waals surface area contributed by atoms with Gasteiger partial charge in [-0.2, -0.15) is 0 Å². The lowest BCUT2D eigenvalue weighted by atomic mass is 9.92. The highest BCUT2D eigenvalue weighted by molar-refractivity contribution is 5.90. The molecule has 9 rings (SSSR count). The molecular formula is C67H56N2. The van der Waals surface area contributed by atoms with Gasteiger partial charge in [-0.15, -0.1) is 0 Å². The molecule has 9 aromatic rings. The fourth-order valence-corrected chi connectivity index (χ4v) is 9.03. The Hall–Kier alpha value is -8.72. The predicted molar refractivity (Wildman–Crippen MR) is 299 cm³/mol. The zero-order valence-corrected chi connectivity index (χ0v) is 39.4. The normalized spacial score (nSPS) is 11.6. The van der Waals surface area contributed by atoms with Gasteiger partial charge >= 0.3 is 0 Å². The SMILES string of the molecule is C=C/C=C(\C=C)c1ccc(N(c2ccccc2)c2ccc(-c3ccc(-c4ccc(-c5ccc(N(c6ccccc6)c6ccc(C(/C=C\C)=C/CC)cc6)cc5)cc4)cc3)c(-c3ccccc3)c2)cc1. The lowest BCUT2D eigenvalue weighted by molar-refractivity contribution is 1.23. The quantitative estimate of drug-likeness (QED) is 0.0892. The average Bonchev–Trinajstić information content (AvgIpc) is 3.42. The first-order valence-electron chi connectivity index (χ1n) is 23.7. The lowest BCUT2D eigenvalue weighted by Crippen LogP contribution is -2.10. The Bertz CT molecular complexity index is 3220. The average molecular weight is 889 g/mol. The minimum Gasteiger partial charge on any atom is -0.311 e. The number of para-hydroxylation sites is 2. The topological polar surface area (TPSA) is 6.48 Å². The van der Waals surface area contributed by atoms with Crippen LogP contribution in [0.2, 0.25) is 0 Å². The van der Waals surface area contributed by atoms with Gasteiger partial charge in [-0.1, -0.05) is 214 Å². The summed E-state index contributed by atoms with van der Waals surface area (Å²) in [5.41, 5.74) is 20.5. The second-order valence-corrected chi connectivity index (χ2v) is 16.9. The molecule has 0 radical (unpaired) electrons. The lowest BCUT2D eigenvalue weighted by Gasteiger charge is -2.27. The molecule has 0 fully saturated rings. The standard InChI is InChI=1S/C67H56N2/c1-5-18-50(8-4)52-35-41-64(42-36-52)69(61-25-16-11-17-26-61)65-47-48-66(67(49-65)58-21-12-9-13-22-58)59-33-31-55(32-34-59)53-27-29-54(30-28-53)57-39-45-63(46-40-57)68(60-23-14-10-15-24-60)62-43-37-56(38-44-62)51(19-6-2)20-7-3/h5-6,8-49H,1,4,7H2,2-3H3/b19-6-,50-18+,51-20+. The van der Waals surface area contributed by atoms with Gasteiger partial charge in [0.05, 0.1) is 0 Å². The van der Waals surface area contributed by atoms with E-state index in [9.17, 15) is 0 Å². The number of hydrogen-bond donors (Lipinski definition) is 0. The van der Waals surface area contributed by atoms with Crippen molar-refractivity contribution >= 4 is 45.3 Å². The summed E-state index contributed by atoms with van der Waals surface area (Å²) in [6, 6.07) is 83.0. The van der Waals surface area contributed by atoms with Gasteiger partial charge in [-0.3, -0.25) is 0 Å². The number of rotatable bonds is 16. The first-order valence-corrected chi connectivity index (χ1v) is 23.7. The Balaban J connectivity index is 0.976. The van der Waals surface area contributed by atoms with Crippen LogP contribution >= 0.6 is 0 Å². The van der Waals surface area contributed by atoms with Crippen molar-refractivity contribution in [3.05, 3.63) is 291 Å². The van der Waals surface area contributed by atoms with Crippen molar-refractivity contribution in [2.75, 3.05) is 9.80 Å². The fraction of sp³-hybridized carbons (Fsp3) is 0.0448. The van der Waals surface area contributed by atoms with Gasteiger partial charge in [0.25, 0.3) is 0 Å². The van der Waals surface area contributed by atoms with Crippen molar-refractivity contribution in [2.45, 2.75) is 20.3 Å². The van der Waals surface area contributed by atoms with Crippen molar-refractivity contribution in [1.29, 1.82) is 0 Å². The molecular weight excluding hydrogens is 833 g/mol. The number of allylic oxidation sites excluding steroid dienone is 8. The second kappa shape index (κ2) is 21.7. The monoisotopic (exact) mass is 888 g/mol. The summed E-state index contributed by atoms with van der Waals surface area (Å²) in [6.45, 7) is 12.1. The number of nitrogens with zero attached hydrogens (tertiary/aromatic N) is 2. The van der Waals surface area contributed by atoms with E-state index in [-0.39, 0.29) is 0 Å². The first-order chi connectivity index (χ1) is 34.0. The van der Waals surface area contributed by atoms with Gasteiger partial charge in [-0.05, 0) is 153 Å². The molecule has 0 unspecified atom stereocenters. The zero-order chi connectivity index (χ0) is 47.4. The fourth-order valence-electron chi connectivity index (χ4n) is 9.03. The first kappa shape index (κ1) is 45.4. The molecule has 0 atom stereocenters. The molecule has 0 heterocycles. The molecule has 0 N–H and O–H groups in total. The molecule has 0 aliphatic carbocycles. The van der Waals surface area contributed by atoms with Crippen LogP contribution in [-0.4, -0.2) is 0 Å². The van der Waals surface area contributed by atoms with E-state index in [0.717, 1.165) is 62.8 Å². The molecule has 0 amide bonds. The molecule has 0 aliphatic rings. The molecule has 9 aromatic carbocycles. The zero-order valence-electron chi connectivity index (χ0n) is 39.4. The van der Waals surface area contributed by atoms with Crippen LogP contribution in [0.1, 0.15) is 31.4 Å². The number of hydrogen-bond acceptors (Lipinski definition) is 2. The molecule has 69 heavy (non-hydrogen) atoms. The molecule has 0 saturated carbocycles. The van der Waals surface area contributed by atoms with Crippen LogP contribution in [0.4, 0.5) is 34.1 Å². The van der Waals surface area contributed by atoms with Gasteiger partial charge in [-0.25, -0.2) is 0 Å². The molecule has 0 aromatic heterocycles. The van der Waals surface area contributed by atoms with E-state index in [0.29, 0.717) is 0 Å². The van der Waals surface area contributed by atoms with Crippen molar-refractivity contribution in [3.63, 3.8) is 0 Å². The summed E-state index contributed by atoms with van der Waals surface area (Å²) in [5.74, 6) is 0. The highest BCUT2D eigenvalue weighted by Crippen LogP contribution is 2.42. The summed E-state index contributed by atoms with van der Waals surface area (Å²) in [4.78, 5) is 4.64. The predicted octanol–water partition coefficient (Wildman–Crippen LogP) is 19.4. The highest BCUT2D eigenvalue weighted by atomic mass is 15.1. The maximum Gasteiger partial charge on any atom is 0.0468 e. The van der Waals surface area contributed by atoms with E-state index in [1.807, 2.05) is 12.2 Å². The van der Waals surface area contributed by atoms with Crippen LogP contribution < -0.4 is 9.80 Å². The van der Waals surface area contributed by atoms with Gasteiger partial charge < -0.3 is 9.80 Å². The smallest absolute Gasteiger partial charge is 0.0468 e. The third-order valence-corrected chi connectivity index (χ3v) is 12.5. The van der Waals surface area contributed by atoms with Crippen LogP contribution in [0, 0.1) is 0 Å². The van der Waals surface area contributed by atoms with E-state index in [1.165, 1.54) is 44.5 Å². The van der Waals surface area contributed by atoms with Gasteiger partial charge in [0.2, 0.25) is 0 Å².